The highest BCUT2D eigenvalue weighted by Crippen LogP contribution is 2.58. The van der Waals surface area contributed by atoms with Crippen LogP contribution in [0.3, 0.4) is 0 Å². The topological polar surface area (TPSA) is 43.5 Å². The fourth-order valence-electron chi connectivity index (χ4n) is 5.85. The Hall–Kier alpha value is -2.92. The Morgan fingerprint density at radius 2 is 1.71 bits per heavy atom. The summed E-state index contributed by atoms with van der Waals surface area (Å²) in [5.74, 6) is 0.892. The molecule has 0 radical (unpaired) electrons. The summed E-state index contributed by atoms with van der Waals surface area (Å²) in [6, 6.07) is 17.7. The molecule has 2 aromatic carbocycles. The van der Waals surface area contributed by atoms with Gasteiger partial charge in [-0.1, -0.05) is 66.8 Å². The molecule has 2 saturated heterocycles. The molecule has 0 N–H and O–H groups in total. The fourth-order valence-corrected chi connectivity index (χ4v) is 5.85. The molecule has 4 unspecified atom stereocenters. The van der Waals surface area contributed by atoms with Crippen molar-refractivity contribution in [3.8, 4) is 5.75 Å². The molecule has 0 amide bonds. The van der Waals surface area contributed by atoms with Crippen LogP contribution in [-0.2, 0) is 19.6 Å². The van der Waals surface area contributed by atoms with E-state index in [-0.39, 0.29) is 23.7 Å². The molecule has 0 saturated carbocycles. The summed E-state index contributed by atoms with van der Waals surface area (Å²) < 4.78 is 22.7. The number of hydrogen-bond acceptors (Lipinski definition) is 4. The van der Waals surface area contributed by atoms with E-state index in [4.69, 9.17) is 18.9 Å². The van der Waals surface area contributed by atoms with Gasteiger partial charge in [-0.15, -0.1) is 0 Å². The second kappa shape index (κ2) is 8.63. The molecule has 4 atom stereocenters. The van der Waals surface area contributed by atoms with Crippen LogP contribution in [0.5, 0.6) is 5.75 Å². The van der Waals surface area contributed by atoms with Crippen LogP contribution in [0.15, 0.2) is 90.1 Å². The first-order valence-electron chi connectivity index (χ1n) is 12.8. The van der Waals surface area contributed by atoms with Crippen molar-refractivity contribution in [2.75, 3.05) is 26.4 Å². The van der Waals surface area contributed by atoms with Gasteiger partial charge in [0, 0.05) is 0 Å². The molecular weight excluding hydrogens is 436 g/mol. The third-order valence-corrected chi connectivity index (χ3v) is 7.75. The molecule has 0 spiro atoms. The van der Waals surface area contributed by atoms with E-state index in [0.29, 0.717) is 13.2 Å². The highest BCUT2D eigenvalue weighted by molar-refractivity contribution is 5.88. The lowest BCUT2D eigenvalue weighted by Crippen LogP contribution is -2.31. The van der Waals surface area contributed by atoms with Crippen molar-refractivity contribution < 1.29 is 18.9 Å². The van der Waals surface area contributed by atoms with Gasteiger partial charge in [-0.3, -0.25) is 0 Å². The quantitative estimate of drug-likeness (QED) is 0.479. The SMILES string of the molecule is C1=CC2=C(CC1)c1ccccc1C2(C1=CCC(OCC2CO2)C=C1)c1ccc(OCC2CO2)cc1. The minimum absolute atomic E-state index is 0.104. The predicted octanol–water partition coefficient (Wildman–Crippen LogP) is 5.54. The van der Waals surface area contributed by atoms with Crippen LogP contribution in [0, 0.1) is 0 Å². The summed E-state index contributed by atoms with van der Waals surface area (Å²) >= 11 is 0. The molecule has 0 aromatic heterocycles. The largest absolute Gasteiger partial charge is 0.491 e. The number of fused-ring (bicyclic) bond motifs is 2. The van der Waals surface area contributed by atoms with Crippen LogP contribution in [0.25, 0.3) is 5.57 Å². The van der Waals surface area contributed by atoms with E-state index in [2.05, 4.69) is 78.9 Å². The van der Waals surface area contributed by atoms with Crippen molar-refractivity contribution in [3.63, 3.8) is 0 Å². The van der Waals surface area contributed by atoms with E-state index in [1.54, 1.807) is 0 Å². The lowest BCUT2D eigenvalue weighted by atomic mass is 9.65. The van der Waals surface area contributed by atoms with Crippen LogP contribution >= 0.6 is 0 Å². The minimum atomic E-state index is -0.331. The number of ether oxygens (including phenoxy) is 4. The zero-order valence-electron chi connectivity index (χ0n) is 19.8. The maximum atomic E-state index is 6.09. The van der Waals surface area contributed by atoms with Gasteiger partial charge in [0.25, 0.3) is 0 Å². The number of benzene rings is 2. The highest BCUT2D eigenvalue weighted by Gasteiger charge is 2.48. The van der Waals surface area contributed by atoms with E-state index >= 15 is 0 Å². The Morgan fingerprint density at radius 3 is 2.49 bits per heavy atom. The number of rotatable bonds is 8. The normalized spacial score (nSPS) is 30.1. The third kappa shape index (κ3) is 3.81. The first kappa shape index (κ1) is 21.4. The van der Waals surface area contributed by atoms with Gasteiger partial charge in [-0.05, 0) is 64.8 Å². The fraction of sp³-hybridized carbons (Fsp3) is 0.355. The third-order valence-electron chi connectivity index (χ3n) is 7.75. The number of epoxide rings is 2. The van der Waals surface area contributed by atoms with Crippen molar-refractivity contribution >= 4 is 5.57 Å². The van der Waals surface area contributed by atoms with Crippen LogP contribution in [0.2, 0.25) is 0 Å². The summed E-state index contributed by atoms with van der Waals surface area (Å²) in [6.07, 6.45) is 15.3. The van der Waals surface area contributed by atoms with Crippen LogP contribution in [0.1, 0.15) is 36.0 Å². The molecule has 7 rings (SSSR count). The van der Waals surface area contributed by atoms with Gasteiger partial charge in [-0.25, -0.2) is 0 Å². The Balaban J connectivity index is 1.30. The molecule has 4 heteroatoms. The van der Waals surface area contributed by atoms with Crippen molar-refractivity contribution in [1.29, 1.82) is 0 Å². The highest BCUT2D eigenvalue weighted by atomic mass is 16.6. The molecule has 5 aliphatic rings. The first-order chi connectivity index (χ1) is 17.3. The van der Waals surface area contributed by atoms with Crippen molar-refractivity contribution in [1.82, 2.24) is 0 Å². The van der Waals surface area contributed by atoms with Crippen molar-refractivity contribution in [2.45, 2.75) is 43.0 Å². The second-order valence-electron chi connectivity index (χ2n) is 10.0. The van der Waals surface area contributed by atoms with Gasteiger partial charge in [0.2, 0.25) is 0 Å². The summed E-state index contributed by atoms with van der Waals surface area (Å²) in [5.41, 5.74) is 7.92. The van der Waals surface area contributed by atoms with Crippen molar-refractivity contribution in [2.24, 2.45) is 0 Å². The smallest absolute Gasteiger partial charge is 0.119 e. The molecule has 2 fully saturated rings. The minimum Gasteiger partial charge on any atom is -0.491 e. The monoisotopic (exact) mass is 466 g/mol. The lowest BCUT2D eigenvalue weighted by molar-refractivity contribution is 0.0729. The maximum Gasteiger partial charge on any atom is 0.119 e. The summed E-state index contributed by atoms with van der Waals surface area (Å²) in [5, 5.41) is 0. The van der Waals surface area contributed by atoms with Gasteiger partial charge in [0.1, 0.15) is 24.6 Å². The molecule has 2 heterocycles. The number of allylic oxidation sites excluding steroid dienone is 6. The van der Waals surface area contributed by atoms with Gasteiger partial charge in [-0.2, -0.15) is 0 Å². The molecule has 178 valence electrons. The molecule has 35 heavy (non-hydrogen) atoms. The van der Waals surface area contributed by atoms with E-state index in [1.807, 2.05) is 0 Å². The van der Waals surface area contributed by atoms with E-state index in [0.717, 1.165) is 38.2 Å². The van der Waals surface area contributed by atoms with Crippen LogP contribution in [-0.4, -0.2) is 44.7 Å². The molecule has 4 nitrogen and oxygen atoms in total. The summed E-state index contributed by atoms with van der Waals surface area (Å²) in [6.45, 7) is 2.93. The van der Waals surface area contributed by atoms with Crippen LogP contribution in [0.4, 0.5) is 0 Å². The lowest BCUT2D eigenvalue weighted by Gasteiger charge is -2.37. The molecule has 3 aliphatic carbocycles. The Bertz CT molecular complexity index is 1240. The van der Waals surface area contributed by atoms with E-state index < -0.39 is 0 Å². The van der Waals surface area contributed by atoms with Gasteiger partial charge in [0.15, 0.2) is 0 Å². The Morgan fingerprint density at radius 1 is 0.914 bits per heavy atom. The van der Waals surface area contributed by atoms with Gasteiger partial charge >= 0.3 is 0 Å². The molecular formula is C31H30O4. The van der Waals surface area contributed by atoms with Gasteiger partial charge < -0.3 is 18.9 Å². The molecule has 0 bridgehead atoms. The average molecular weight is 467 g/mol. The van der Waals surface area contributed by atoms with Crippen LogP contribution < -0.4 is 4.74 Å². The van der Waals surface area contributed by atoms with Gasteiger partial charge in [0.05, 0.1) is 31.3 Å². The van der Waals surface area contributed by atoms with E-state index in [9.17, 15) is 0 Å². The predicted molar refractivity (Wildman–Crippen MR) is 136 cm³/mol. The first-order valence-corrected chi connectivity index (χ1v) is 12.8. The zero-order chi connectivity index (χ0) is 23.2. The Kier molecular flexibility index (Phi) is 5.27. The second-order valence-corrected chi connectivity index (χ2v) is 10.0. The molecule has 2 aromatic rings. The Labute approximate surface area is 206 Å². The molecule has 2 aliphatic heterocycles. The maximum absolute atomic E-state index is 6.09. The summed E-state index contributed by atoms with van der Waals surface area (Å²) in [4.78, 5) is 0. The number of hydrogen-bond donors (Lipinski definition) is 0. The van der Waals surface area contributed by atoms with Crippen molar-refractivity contribution in [3.05, 3.63) is 107 Å². The summed E-state index contributed by atoms with van der Waals surface area (Å²) in [7, 11) is 0. The van der Waals surface area contributed by atoms with E-state index in [1.165, 1.54) is 33.4 Å². The zero-order valence-corrected chi connectivity index (χ0v) is 19.8. The standard InChI is InChI=1S/C31H30O4/c1-3-7-29-27(5-1)28-6-2-4-8-30(28)31(29,21-9-13-23(14-10-21)32-17-25-19-34-25)22-11-15-24(16-12-22)33-18-26-20-35-26/h1,3-5,7-15,24-26H,2,6,16-20H2. The average Bonchev–Trinajstić information content (AvgIpc) is 3.85.